The Morgan fingerprint density at radius 2 is 1.95 bits per heavy atom. The van der Waals surface area contributed by atoms with Gasteiger partial charge in [-0.05, 0) is 25.2 Å². The summed E-state index contributed by atoms with van der Waals surface area (Å²) in [6.45, 7) is 3.75. The molecule has 0 aromatic rings. The summed E-state index contributed by atoms with van der Waals surface area (Å²) in [4.78, 5) is 36.7. The zero-order chi connectivity index (χ0) is 14.2. The van der Waals surface area contributed by atoms with Gasteiger partial charge in [0.2, 0.25) is 0 Å². The minimum atomic E-state index is -1.12. The molecule has 1 atom stereocenters. The average Bonchev–Trinajstić information content (AvgIpc) is 2.84. The van der Waals surface area contributed by atoms with Crippen molar-refractivity contribution in [3.8, 4) is 0 Å². The first kappa shape index (κ1) is 13.8. The Labute approximate surface area is 112 Å². The molecule has 0 aromatic heterocycles. The molecule has 0 aromatic carbocycles. The molecule has 106 valence electrons. The van der Waals surface area contributed by atoms with Crippen molar-refractivity contribution in [1.82, 2.24) is 10.2 Å². The topological polar surface area (TPSA) is 86.7 Å². The minimum Gasteiger partial charge on any atom is -0.480 e. The number of carbonyl (C=O) groups is 3. The highest BCUT2D eigenvalue weighted by Crippen LogP contribution is 2.36. The Hall–Kier alpha value is -1.59. The summed E-state index contributed by atoms with van der Waals surface area (Å²) in [7, 11) is 0. The molecule has 0 radical (unpaired) electrons. The van der Waals surface area contributed by atoms with Crippen LogP contribution in [-0.2, 0) is 9.59 Å². The van der Waals surface area contributed by atoms with Gasteiger partial charge in [0.15, 0.2) is 0 Å². The summed E-state index contributed by atoms with van der Waals surface area (Å²) >= 11 is 0. The molecule has 0 bridgehead atoms. The number of nitrogens with one attached hydrogen (secondary N) is 1. The van der Waals surface area contributed by atoms with Crippen molar-refractivity contribution in [2.75, 3.05) is 0 Å². The number of carboxylic acids is 1. The van der Waals surface area contributed by atoms with Crippen LogP contribution < -0.4 is 5.32 Å². The highest BCUT2D eigenvalue weighted by Gasteiger charge is 2.55. The number of urea groups is 1. The van der Waals surface area contributed by atoms with Crippen LogP contribution in [0.15, 0.2) is 0 Å². The van der Waals surface area contributed by atoms with Gasteiger partial charge in [0, 0.05) is 0 Å². The second-order valence-electron chi connectivity index (χ2n) is 5.88. The van der Waals surface area contributed by atoms with Crippen LogP contribution in [0, 0.1) is 5.92 Å². The van der Waals surface area contributed by atoms with Crippen molar-refractivity contribution in [2.24, 2.45) is 5.92 Å². The fourth-order valence-electron chi connectivity index (χ4n) is 3.00. The molecule has 1 saturated carbocycles. The predicted molar refractivity (Wildman–Crippen MR) is 67.5 cm³/mol. The van der Waals surface area contributed by atoms with E-state index in [9.17, 15) is 19.5 Å². The lowest BCUT2D eigenvalue weighted by molar-refractivity contribution is -0.148. The van der Waals surface area contributed by atoms with Crippen LogP contribution in [0.1, 0.15) is 46.0 Å². The van der Waals surface area contributed by atoms with Crippen LogP contribution in [0.3, 0.4) is 0 Å². The van der Waals surface area contributed by atoms with Gasteiger partial charge in [-0.1, -0.05) is 26.7 Å². The van der Waals surface area contributed by atoms with E-state index in [2.05, 4.69) is 5.32 Å². The lowest BCUT2D eigenvalue weighted by Gasteiger charge is -2.25. The normalized spacial score (nSPS) is 23.2. The van der Waals surface area contributed by atoms with E-state index in [0.717, 1.165) is 17.7 Å². The molecule has 1 saturated heterocycles. The first-order valence-corrected chi connectivity index (χ1v) is 6.76. The zero-order valence-electron chi connectivity index (χ0n) is 11.3. The maximum absolute atomic E-state index is 12.4. The number of hydrogen-bond acceptors (Lipinski definition) is 3. The fraction of sp³-hybridized carbons (Fsp3) is 0.769. The van der Waals surface area contributed by atoms with E-state index >= 15 is 0 Å². The van der Waals surface area contributed by atoms with Crippen molar-refractivity contribution >= 4 is 17.9 Å². The molecule has 6 heteroatoms. The van der Waals surface area contributed by atoms with E-state index in [-0.39, 0.29) is 18.2 Å². The molecule has 2 rings (SSSR count). The van der Waals surface area contributed by atoms with Crippen molar-refractivity contribution in [3.63, 3.8) is 0 Å². The van der Waals surface area contributed by atoms with Gasteiger partial charge in [0.25, 0.3) is 5.91 Å². The molecule has 3 amide bonds. The second-order valence-corrected chi connectivity index (χ2v) is 5.88. The van der Waals surface area contributed by atoms with Crippen molar-refractivity contribution < 1.29 is 19.5 Å². The van der Waals surface area contributed by atoms with Gasteiger partial charge in [-0.3, -0.25) is 4.79 Å². The third kappa shape index (κ3) is 2.31. The number of carbonyl (C=O) groups excluding carboxylic acids is 2. The summed E-state index contributed by atoms with van der Waals surface area (Å²) in [5, 5.41) is 12.0. The number of rotatable bonds is 4. The smallest absolute Gasteiger partial charge is 0.327 e. The Balaban J connectivity index is 2.25. The molecule has 1 heterocycles. The Morgan fingerprint density at radius 1 is 1.37 bits per heavy atom. The summed E-state index contributed by atoms with van der Waals surface area (Å²) in [5.41, 5.74) is -0.832. The molecule has 2 N–H and O–H groups in total. The Kier molecular flexibility index (Phi) is 3.52. The fourth-order valence-corrected chi connectivity index (χ4v) is 3.00. The van der Waals surface area contributed by atoms with E-state index in [4.69, 9.17) is 0 Å². The summed E-state index contributed by atoms with van der Waals surface area (Å²) in [5.74, 6) is -1.38. The van der Waals surface area contributed by atoms with E-state index in [1.54, 1.807) is 0 Å². The molecule has 2 aliphatic rings. The van der Waals surface area contributed by atoms with Gasteiger partial charge >= 0.3 is 12.0 Å². The lowest BCUT2D eigenvalue weighted by Crippen LogP contribution is -2.48. The summed E-state index contributed by atoms with van der Waals surface area (Å²) in [6.07, 6.45) is 3.29. The molecule has 1 aliphatic heterocycles. The zero-order valence-corrected chi connectivity index (χ0v) is 11.3. The highest BCUT2D eigenvalue weighted by molar-refractivity contribution is 6.09. The maximum Gasteiger partial charge on any atom is 0.327 e. The standard InChI is InChI=1S/C13H20N2O4/c1-8(2)7-9(10(16)17)15-11(18)13(14-12(15)19)5-3-4-6-13/h8-9H,3-7H2,1-2H3,(H,14,19)(H,16,17)/t9-/m0/s1. The van der Waals surface area contributed by atoms with E-state index in [1.807, 2.05) is 13.8 Å². The monoisotopic (exact) mass is 268 g/mol. The van der Waals surface area contributed by atoms with Gasteiger partial charge in [-0.25, -0.2) is 14.5 Å². The van der Waals surface area contributed by atoms with E-state index < -0.39 is 23.6 Å². The quantitative estimate of drug-likeness (QED) is 0.753. The van der Waals surface area contributed by atoms with Gasteiger partial charge in [0.05, 0.1) is 0 Å². The first-order chi connectivity index (χ1) is 8.87. The Morgan fingerprint density at radius 3 is 2.42 bits per heavy atom. The molecular formula is C13H20N2O4. The van der Waals surface area contributed by atoms with Crippen LogP contribution in [0.25, 0.3) is 0 Å². The van der Waals surface area contributed by atoms with Gasteiger partial charge in [-0.2, -0.15) is 0 Å². The molecule has 0 unspecified atom stereocenters. The number of amides is 3. The summed E-state index contributed by atoms with van der Waals surface area (Å²) in [6, 6.07) is -1.62. The molecule has 2 fully saturated rings. The highest BCUT2D eigenvalue weighted by atomic mass is 16.4. The average molecular weight is 268 g/mol. The number of carboxylic acid groups (broad SMARTS) is 1. The SMILES string of the molecule is CC(C)C[C@@H](C(=O)O)N1C(=O)NC2(CCCC2)C1=O. The van der Waals surface area contributed by atoms with E-state index in [0.29, 0.717) is 12.8 Å². The van der Waals surface area contributed by atoms with Crippen LogP contribution in [0.5, 0.6) is 0 Å². The van der Waals surface area contributed by atoms with Crippen LogP contribution in [0.2, 0.25) is 0 Å². The number of aliphatic carboxylic acids is 1. The van der Waals surface area contributed by atoms with E-state index in [1.165, 1.54) is 0 Å². The van der Waals surface area contributed by atoms with Crippen molar-refractivity contribution in [2.45, 2.75) is 57.5 Å². The Bertz CT molecular complexity index is 413. The van der Waals surface area contributed by atoms with Gasteiger partial charge in [-0.15, -0.1) is 0 Å². The minimum absolute atomic E-state index is 0.0989. The molecule has 19 heavy (non-hydrogen) atoms. The second kappa shape index (κ2) is 4.83. The number of hydrogen-bond donors (Lipinski definition) is 2. The molecular weight excluding hydrogens is 248 g/mol. The van der Waals surface area contributed by atoms with Crippen molar-refractivity contribution in [1.29, 1.82) is 0 Å². The first-order valence-electron chi connectivity index (χ1n) is 6.76. The largest absolute Gasteiger partial charge is 0.480 e. The molecule has 6 nitrogen and oxygen atoms in total. The van der Waals surface area contributed by atoms with Crippen molar-refractivity contribution in [3.05, 3.63) is 0 Å². The molecule has 1 aliphatic carbocycles. The van der Waals surface area contributed by atoms with Gasteiger partial charge in [0.1, 0.15) is 11.6 Å². The lowest BCUT2D eigenvalue weighted by atomic mass is 9.96. The predicted octanol–water partition coefficient (Wildman–Crippen LogP) is 1.35. The van der Waals surface area contributed by atoms with Crippen LogP contribution in [0.4, 0.5) is 4.79 Å². The summed E-state index contributed by atoms with van der Waals surface area (Å²) < 4.78 is 0. The number of nitrogens with zero attached hydrogens (tertiary/aromatic N) is 1. The number of imide groups is 1. The van der Waals surface area contributed by atoms with Crippen LogP contribution >= 0.6 is 0 Å². The maximum atomic E-state index is 12.4. The third-order valence-electron chi connectivity index (χ3n) is 3.94. The molecule has 1 spiro atoms. The van der Waals surface area contributed by atoms with Crippen LogP contribution in [-0.4, -0.2) is 39.5 Å². The third-order valence-corrected chi connectivity index (χ3v) is 3.94. The van der Waals surface area contributed by atoms with Gasteiger partial charge < -0.3 is 10.4 Å².